The minimum atomic E-state index is 0. The molecular weight excluding hydrogens is 546 g/mol. The van der Waals surface area contributed by atoms with Crippen LogP contribution < -0.4 is 24.8 Å². The van der Waals surface area contributed by atoms with Crippen LogP contribution in [-0.4, -0.2) is 3.21 Å². The van der Waals surface area contributed by atoms with Crippen LogP contribution >= 0.6 is 0 Å². The molecule has 0 nitrogen and oxygen atoms in total. The molecule has 2 aliphatic carbocycles. The van der Waals surface area contributed by atoms with Gasteiger partial charge in [0.15, 0.2) is 0 Å². The van der Waals surface area contributed by atoms with Crippen LogP contribution in [0.5, 0.6) is 0 Å². The summed E-state index contributed by atoms with van der Waals surface area (Å²) in [6.07, 6.45) is 10.7. The monoisotopic (exact) mass is 584 g/mol. The fourth-order valence-electron chi connectivity index (χ4n) is 4.79. The van der Waals surface area contributed by atoms with E-state index >= 15 is 0 Å². The van der Waals surface area contributed by atoms with Crippen LogP contribution in [0.4, 0.5) is 0 Å². The van der Waals surface area contributed by atoms with Gasteiger partial charge in [0.2, 0.25) is 0 Å². The molecule has 35 heavy (non-hydrogen) atoms. The first-order valence-corrected chi connectivity index (χ1v) is 14.0. The van der Waals surface area contributed by atoms with E-state index < -0.39 is 0 Å². The molecule has 0 amide bonds. The molecule has 2 aliphatic rings. The van der Waals surface area contributed by atoms with E-state index in [1.54, 1.807) is 27.4 Å². The summed E-state index contributed by atoms with van der Waals surface area (Å²) in [4.78, 5) is 0. The van der Waals surface area contributed by atoms with E-state index in [4.69, 9.17) is 0 Å². The third kappa shape index (κ3) is 9.18. The SMILES string of the molecule is CCc1cc(C(C)(C)C)c(CC)[cH-]1.[Cl-].[Cl-].[Zr+2]=[C]1CCCCC1.[c-]1cccc2c1Cc1ccccc1-2. The molecule has 0 unspecified atom stereocenters. The molecule has 3 aromatic rings. The molecule has 3 aromatic carbocycles. The van der Waals surface area contributed by atoms with Crippen molar-refractivity contribution in [2.75, 3.05) is 0 Å². The third-order valence-corrected chi connectivity index (χ3v) is 7.94. The van der Waals surface area contributed by atoms with Crippen molar-refractivity contribution in [3.63, 3.8) is 0 Å². The molecule has 0 radical (unpaired) electrons. The van der Waals surface area contributed by atoms with Gasteiger partial charge in [0.1, 0.15) is 0 Å². The summed E-state index contributed by atoms with van der Waals surface area (Å²) in [5.41, 5.74) is 10.4. The van der Waals surface area contributed by atoms with Gasteiger partial charge in [-0.2, -0.15) is 52.6 Å². The Morgan fingerprint density at radius 2 is 1.54 bits per heavy atom. The van der Waals surface area contributed by atoms with Crippen LogP contribution in [0.25, 0.3) is 11.1 Å². The fraction of sp³-hybridized carbons (Fsp3) is 0.438. The zero-order chi connectivity index (χ0) is 23.8. The first-order valence-electron chi connectivity index (χ1n) is 12.8. The molecule has 1 fully saturated rings. The summed E-state index contributed by atoms with van der Waals surface area (Å²) in [6.45, 7) is 11.3. The number of hydrogen-bond donors (Lipinski definition) is 0. The predicted molar refractivity (Wildman–Crippen MR) is 141 cm³/mol. The van der Waals surface area contributed by atoms with Crippen molar-refractivity contribution in [2.24, 2.45) is 0 Å². The maximum Gasteiger partial charge on any atom is -0.0253 e. The van der Waals surface area contributed by atoms with Crippen LogP contribution in [0.2, 0.25) is 0 Å². The van der Waals surface area contributed by atoms with Gasteiger partial charge in [-0.25, -0.2) is 6.07 Å². The average molecular weight is 587 g/mol. The Morgan fingerprint density at radius 3 is 2.09 bits per heavy atom. The molecule has 188 valence electrons. The molecule has 0 heterocycles. The van der Waals surface area contributed by atoms with Crippen LogP contribution in [0.3, 0.4) is 0 Å². The Kier molecular flexibility index (Phi) is 14.1. The quantitative estimate of drug-likeness (QED) is 0.317. The molecule has 0 spiro atoms. The summed E-state index contributed by atoms with van der Waals surface area (Å²) in [5.74, 6) is 0. The Labute approximate surface area is 241 Å². The van der Waals surface area contributed by atoms with E-state index in [1.165, 1.54) is 71.0 Å². The second-order valence-corrected chi connectivity index (χ2v) is 12.1. The van der Waals surface area contributed by atoms with Crippen molar-refractivity contribution in [3.05, 3.63) is 88.5 Å². The molecule has 5 rings (SSSR count). The molecule has 1 saturated carbocycles. The van der Waals surface area contributed by atoms with Gasteiger partial charge in [-0.15, -0.1) is 5.56 Å². The van der Waals surface area contributed by atoms with E-state index in [1.807, 2.05) is 6.07 Å². The van der Waals surface area contributed by atoms with Crippen molar-refractivity contribution in [1.29, 1.82) is 0 Å². The van der Waals surface area contributed by atoms with Crippen LogP contribution in [0, 0.1) is 6.07 Å². The van der Waals surface area contributed by atoms with Crippen molar-refractivity contribution in [3.8, 4) is 11.1 Å². The second kappa shape index (κ2) is 15.4. The topological polar surface area (TPSA) is 0 Å². The summed E-state index contributed by atoms with van der Waals surface area (Å²) < 4.78 is 1.80. The number of fused-ring (bicyclic) bond motifs is 3. The Morgan fingerprint density at radius 1 is 0.886 bits per heavy atom. The van der Waals surface area contributed by atoms with Crippen molar-refractivity contribution >= 4 is 3.21 Å². The third-order valence-electron chi connectivity index (χ3n) is 6.71. The van der Waals surface area contributed by atoms with Crippen LogP contribution in [0.15, 0.2) is 54.6 Å². The van der Waals surface area contributed by atoms with Crippen molar-refractivity contribution in [1.82, 2.24) is 0 Å². The number of benzene rings is 2. The molecule has 3 heteroatoms. The average Bonchev–Trinajstić information content (AvgIpc) is 3.42. The van der Waals surface area contributed by atoms with Gasteiger partial charge < -0.3 is 24.8 Å². The maximum absolute atomic E-state index is 3.30. The first kappa shape index (κ1) is 32.2. The number of rotatable bonds is 2. The normalized spacial score (nSPS) is 13.6. The maximum atomic E-state index is 3.30. The number of aryl methyl sites for hydroxylation is 2. The van der Waals surface area contributed by atoms with Gasteiger partial charge in [0.25, 0.3) is 0 Å². The molecular formula is C32H40Cl2Zr-2. The summed E-state index contributed by atoms with van der Waals surface area (Å²) >= 11 is 1.69. The summed E-state index contributed by atoms with van der Waals surface area (Å²) in [6, 6.07) is 22.8. The van der Waals surface area contributed by atoms with E-state index in [0.717, 1.165) is 19.3 Å². The smallest absolute Gasteiger partial charge is 0.0253 e. The van der Waals surface area contributed by atoms with Gasteiger partial charge in [0, 0.05) is 0 Å². The largest absolute Gasteiger partial charge is 0.179 e. The van der Waals surface area contributed by atoms with Gasteiger partial charge in [0.05, 0.1) is 0 Å². The Balaban J connectivity index is 0.000000266. The van der Waals surface area contributed by atoms with Gasteiger partial charge >= 0.3 is 59.5 Å². The summed E-state index contributed by atoms with van der Waals surface area (Å²) in [7, 11) is 0. The summed E-state index contributed by atoms with van der Waals surface area (Å²) in [5, 5.41) is 0. The van der Waals surface area contributed by atoms with Crippen LogP contribution in [0.1, 0.15) is 94.5 Å². The molecule has 0 aliphatic heterocycles. The molecule has 0 aromatic heterocycles. The zero-order valence-electron chi connectivity index (χ0n) is 22.1. The minimum Gasteiger partial charge on any atom is -0.179 e. The van der Waals surface area contributed by atoms with E-state index in [-0.39, 0.29) is 24.8 Å². The zero-order valence-corrected chi connectivity index (χ0v) is 26.1. The van der Waals surface area contributed by atoms with Gasteiger partial charge in [-0.05, 0) is 6.42 Å². The molecule has 0 N–H and O–H groups in total. The van der Waals surface area contributed by atoms with Crippen molar-refractivity contribution in [2.45, 2.75) is 91.4 Å². The molecule has 0 atom stereocenters. The van der Waals surface area contributed by atoms with Gasteiger partial charge in [-0.1, -0.05) is 88.3 Å². The molecule has 0 bridgehead atoms. The standard InChI is InChI=1S/C13H9.C13H21.C6H10.2ClH.Zr/c1-3-7-12-10(5-1)9-11-6-2-4-8-13(11)12;1-6-10-8-11(7-2)12(9-10)13(3,4)5;1-2-4-6-5-3-1;;;/h1-5,7-8H,9H2;8-9H,6-7H2,1-5H3;1-5H2;2*1H;/q2*-1;;;;+2/p-2. The van der Waals surface area contributed by atoms with Crippen LogP contribution in [-0.2, 0) is 48.9 Å². The first-order chi connectivity index (χ1) is 15.8. The van der Waals surface area contributed by atoms with Gasteiger partial charge in [-0.3, -0.25) is 0 Å². The van der Waals surface area contributed by atoms with E-state index in [2.05, 4.69) is 89.2 Å². The van der Waals surface area contributed by atoms with E-state index in [0.29, 0.717) is 5.41 Å². The number of halogens is 2. The fourth-order valence-corrected chi connectivity index (χ4v) is 5.66. The Hall–Kier alpha value is -0.877. The Bertz CT molecular complexity index is 1000. The number of hydrogen-bond acceptors (Lipinski definition) is 0. The molecule has 0 saturated heterocycles. The predicted octanol–water partition coefficient (Wildman–Crippen LogP) is 2.56. The van der Waals surface area contributed by atoms with Crippen molar-refractivity contribution < 1.29 is 49.0 Å². The van der Waals surface area contributed by atoms with E-state index in [9.17, 15) is 0 Å². The minimum absolute atomic E-state index is 0. The second-order valence-electron chi connectivity index (χ2n) is 10.3.